The van der Waals surface area contributed by atoms with Crippen molar-refractivity contribution in [1.82, 2.24) is 4.98 Å². The quantitative estimate of drug-likeness (QED) is 0.350. The molecule has 150 valence electrons. The molecule has 3 aromatic rings. The zero-order valence-electron chi connectivity index (χ0n) is 16.4. The Balaban J connectivity index is 1.94. The van der Waals surface area contributed by atoms with Gasteiger partial charge in [0.25, 0.3) is 0 Å². The molecule has 0 aliphatic rings. The molecule has 3 rings (SSSR count). The molecule has 0 aliphatic carbocycles. The molecule has 2 aromatic heterocycles. The van der Waals surface area contributed by atoms with Crippen molar-refractivity contribution in [2.45, 2.75) is 20.8 Å². The van der Waals surface area contributed by atoms with E-state index in [1.165, 1.54) is 11.3 Å². The number of nitrogens with zero attached hydrogens (tertiary/aromatic N) is 2. The molecule has 0 N–H and O–H groups in total. The highest BCUT2D eigenvalue weighted by atomic mass is 35.5. The lowest BCUT2D eigenvalue weighted by atomic mass is 10.1. The van der Waals surface area contributed by atoms with Crippen molar-refractivity contribution >= 4 is 45.9 Å². The standard InChI is InChI=1S/C22H21ClN2O2S2/c1-4-26-19-10-15(9-17(23)21(19)27-12-14(2)3)8-16(11-24)22-25-18(13-29-22)20-6-5-7-28-20/h5-10,13-14H,4,12H2,1-3H3/b16-8-. The highest BCUT2D eigenvalue weighted by Gasteiger charge is 2.15. The van der Waals surface area contributed by atoms with E-state index in [4.69, 9.17) is 21.1 Å². The number of hydrogen-bond donors (Lipinski definition) is 0. The lowest BCUT2D eigenvalue weighted by molar-refractivity contribution is 0.248. The first-order valence-corrected chi connectivity index (χ1v) is 11.4. The number of allylic oxidation sites excluding steroid dienone is 1. The fourth-order valence-corrected chi connectivity index (χ4v) is 4.39. The number of nitriles is 1. The number of benzene rings is 1. The van der Waals surface area contributed by atoms with Crippen LogP contribution in [0, 0.1) is 17.2 Å². The van der Waals surface area contributed by atoms with Gasteiger partial charge < -0.3 is 9.47 Å². The number of aromatic nitrogens is 1. The highest BCUT2D eigenvalue weighted by Crippen LogP contribution is 2.38. The number of rotatable bonds is 8. The summed E-state index contributed by atoms with van der Waals surface area (Å²) in [5.41, 5.74) is 2.12. The predicted octanol–water partition coefficient (Wildman–Crippen LogP) is 7.02. The Bertz CT molecular complexity index is 1030. The fraction of sp³-hybridized carbons (Fsp3) is 0.273. The summed E-state index contributed by atoms with van der Waals surface area (Å²) in [6.45, 7) is 7.09. The monoisotopic (exact) mass is 444 g/mol. The minimum Gasteiger partial charge on any atom is -0.490 e. The number of ether oxygens (including phenoxy) is 2. The first-order valence-electron chi connectivity index (χ1n) is 9.22. The molecule has 0 spiro atoms. The molecule has 29 heavy (non-hydrogen) atoms. The van der Waals surface area contributed by atoms with E-state index in [1.54, 1.807) is 23.5 Å². The van der Waals surface area contributed by atoms with Crippen molar-refractivity contribution in [1.29, 1.82) is 5.26 Å². The van der Waals surface area contributed by atoms with Crippen LogP contribution in [0.3, 0.4) is 0 Å². The molecule has 0 saturated carbocycles. The summed E-state index contributed by atoms with van der Waals surface area (Å²) < 4.78 is 11.6. The van der Waals surface area contributed by atoms with Crippen LogP contribution in [-0.4, -0.2) is 18.2 Å². The summed E-state index contributed by atoms with van der Waals surface area (Å²) in [6.07, 6.45) is 1.78. The SMILES string of the molecule is CCOc1cc(/C=C(/C#N)c2nc(-c3cccs3)cs2)cc(Cl)c1OCC(C)C. The zero-order valence-corrected chi connectivity index (χ0v) is 18.8. The molecule has 0 bridgehead atoms. The second kappa shape index (κ2) is 9.93. The Kier molecular flexibility index (Phi) is 7.32. The van der Waals surface area contributed by atoms with Gasteiger partial charge in [-0.3, -0.25) is 0 Å². The predicted molar refractivity (Wildman–Crippen MR) is 122 cm³/mol. The Morgan fingerprint density at radius 3 is 2.79 bits per heavy atom. The minimum atomic E-state index is 0.368. The van der Waals surface area contributed by atoms with Crippen molar-refractivity contribution < 1.29 is 9.47 Å². The Labute approximate surface area is 184 Å². The molecule has 0 aliphatic heterocycles. The summed E-state index contributed by atoms with van der Waals surface area (Å²) in [7, 11) is 0. The van der Waals surface area contributed by atoms with Gasteiger partial charge in [-0.2, -0.15) is 5.26 Å². The van der Waals surface area contributed by atoms with Crippen molar-refractivity contribution in [2.75, 3.05) is 13.2 Å². The maximum atomic E-state index is 9.68. The lowest BCUT2D eigenvalue weighted by Crippen LogP contribution is -2.06. The third-order valence-electron chi connectivity index (χ3n) is 3.83. The van der Waals surface area contributed by atoms with Crippen molar-refractivity contribution in [2.24, 2.45) is 5.92 Å². The number of thiophene rings is 1. The van der Waals surface area contributed by atoms with Gasteiger partial charge in [0.05, 0.1) is 34.4 Å². The highest BCUT2D eigenvalue weighted by molar-refractivity contribution is 7.14. The van der Waals surface area contributed by atoms with Crippen LogP contribution >= 0.6 is 34.3 Å². The van der Waals surface area contributed by atoms with Gasteiger partial charge in [0, 0.05) is 5.38 Å². The topological polar surface area (TPSA) is 55.1 Å². The van der Waals surface area contributed by atoms with Gasteiger partial charge in [-0.05, 0) is 48.1 Å². The largest absolute Gasteiger partial charge is 0.490 e. The summed E-state index contributed by atoms with van der Waals surface area (Å²) in [4.78, 5) is 5.70. The Morgan fingerprint density at radius 1 is 1.31 bits per heavy atom. The smallest absolute Gasteiger partial charge is 0.179 e. The first kappa shape index (κ1) is 21.4. The van der Waals surface area contributed by atoms with Gasteiger partial charge in [0.1, 0.15) is 11.1 Å². The zero-order chi connectivity index (χ0) is 20.8. The van der Waals surface area contributed by atoms with E-state index in [1.807, 2.05) is 35.9 Å². The van der Waals surface area contributed by atoms with Crippen LogP contribution < -0.4 is 9.47 Å². The third kappa shape index (κ3) is 5.39. The Hall–Kier alpha value is -2.33. The van der Waals surface area contributed by atoms with Crippen LogP contribution in [0.15, 0.2) is 35.0 Å². The number of hydrogen-bond acceptors (Lipinski definition) is 6. The van der Waals surface area contributed by atoms with Crippen LogP contribution in [0.4, 0.5) is 0 Å². The molecule has 7 heteroatoms. The van der Waals surface area contributed by atoms with Gasteiger partial charge in [-0.15, -0.1) is 22.7 Å². The van der Waals surface area contributed by atoms with E-state index < -0.39 is 0 Å². The molecule has 1 aromatic carbocycles. The second-order valence-corrected chi connectivity index (χ2v) is 8.87. The average molecular weight is 445 g/mol. The third-order valence-corrected chi connectivity index (χ3v) is 5.88. The molecule has 0 atom stereocenters. The summed E-state index contributed by atoms with van der Waals surface area (Å²) in [6, 6.07) is 9.88. The second-order valence-electron chi connectivity index (χ2n) is 6.65. The van der Waals surface area contributed by atoms with Crippen molar-refractivity contribution in [3.8, 4) is 28.1 Å². The van der Waals surface area contributed by atoms with E-state index in [2.05, 4.69) is 24.9 Å². The van der Waals surface area contributed by atoms with Crippen molar-refractivity contribution in [3.05, 3.63) is 50.6 Å². The molecule has 0 fully saturated rings. The Morgan fingerprint density at radius 2 is 2.14 bits per heavy atom. The van der Waals surface area contributed by atoms with Crippen LogP contribution in [0.25, 0.3) is 22.2 Å². The molecule has 0 radical (unpaired) electrons. The molecule has 0 saturated heterocycles. The molecule has 2 heterocycles. The average Bonchev–Trinajstić information content (AvgIpc) is 3.37. The fourth-order valence-electron chi connectivity index (χ4n) is 2.57. The summed E-state index contributed by atoms with van der Waals surface area (Å²) in [5.74, 6) is 1.47. The number of thiazole rings is 1. The van der Waals surface area contributed by atoms with Crippen LogP contribution in [0.5, 0.6) is 11.5 Å². The van der Waals surface area contributed by atoms with E-state index in [9.17, 15) is 5.26 Å². The van der Waals surface area contributed by atoms with E-state index in [0.29, 0.717) is 46.2 Å². The maximum Gasteiger partial charge on any atom is 0.179 e. The van der Waals surface area contributed by atoms with Gasteiger partial charge in [-0.25, -0.2) is 4.98 Å². The van der Waals surface area contributed by atoms with Gasteiger partial charge >= 0.3 is 0 Å². The summed E-state index contributed by atoms with van der Waals surface area (Å²) in [5, 5.41) is 14.8. The molecular formula is C22H21ClN2O2S2. The van der Waals surface area contributed by atoms with Gasteiger partial charge in [0.15, 0.2) is 11.5 Å². The van der Waals surface area contributed by atoms with E-state index in [0.717, 1.165) is 16.1 Å². The van der Waals surface area contributed by atoms with Crippen LogP contribution in [0.1, 0.15) is 31.3 Å². The molecular weight excluding hydrogens is 424 g/mol. The maximum absolute atomic E-state index is 9.68. The lowest BCUT2D eigenvalue weighted by Gasteiger charge is -2.15. The molecule has 4 nitrogen and oxygen atoms in total. The van der Waals surface area contributed by atoms with Crippen LogP contribution in [-0.2, 0) is 0 Å². The number of halogens is 1. The van der Waals surface area contributed by atoms with Gasteiger partial charge in [-0.1, -0.05) is 31.5 Å². The first-order chi connectivity index (χ1) is 14.0. The van der Waals surface area contributed by atoms with Gasteiger partial charge in [0.2, 0.25) is 0 Å². The van der Waals surface area contributed by atoms with Crippen LogP contribution in [0.2, 0.25) is 5.02 Å². The summed E-state index contributed by atoms with van der Waals surface area (Å²) >= 11 is 9.54. The normalized spacial score (nSPS) is 11.5. The van der Waals surface area contributed by atoms with E-state index >= 15 is 0 Å². The molecule has 0 unspecified atom stereocenters. The minimum absolute atomic E-state index is 0.368. The van der Waals surface area contributed by atoms with E-state index in [-0.39, 0.29) is 0 Å². The van der Waals surface area contributed by atoms with Crippen molar-refractivity contribution in [3.63, 3.8) is 0 Å². The molecule has 0 amide bonds.